The van der Waals surface area contributed by atoms with E-state index in [-0.39, 0.29) is 0 Å². The van der Waals surface area contributed by atoms with E-state index in [9.17, 15) is 0 Å². The quantitative estimate of drug-likeness (QED) is 0.588. The molecule has 0 saturated heterocycles. The molecule has 2 rings (SSSR count). The van der Waals surface area contributed by atoms with Gasteiger partial charge in [-0.2, -0.15) is 0 Å². The number of allylic oxidation sites excluding steroid dienone is 1. The molecule has 0 aromatic rings. The van der Waals surface area contributed by atoms with Crippen molar-refractivity contribution in [2.24, 2.45) is 17.6 Å². The van der Waals surface area contributed by atoms with E-state index in [0.29, 0.717) is 0 Å². The number of nitrogens with two attached hydrogens (primary N) is 1. The van der Waals surface area contributed by atoms with Gasteiger partial charge in [0.15, 0.2) is 0 Å². The molecular weight excluding hydrogens is 122 g/mol. The first kappa shape index (κ1) is 6.41. The van der Waals surface area contributed by atoms with E-state index in [1.54, 1.807) is 5.57 Å². The summed E-state index contributed by atoms with van der Waals surface area (Å²) in [6, 6.07) is 0. The van der Waals surface area contributed by atoms with Crippen molar-refractivity contribution in [3.63, 3.8) is 0 Å². The lowest BCUT2D eigenvalue weighted by Crippen LogP contribution is -1.98. The first-order valence-corrected chi connectivity index (χ1v) is 4.32. The summed E-state index contributed by atoms with van der Waals surface area (Å²) in [7, 11) is 0. The van der Waals surface area contributed by atoms with Crippen LogP contribution in [-0.4, -0.2) is 6.54 Å². The highest BCUT2D eigenvalue weighted by Gasteiger charge is 2.35. The van der Waals surface area contributed by atoms with Crippen molar-refractivity contribution in [2.75, 3.05) is 6.54 Å². The van der Waals surface area contributed by atoms with Gasteiger partial charge in [-0.05, 0) is 37.5 Å². The lowest BCUT2D eigenvalue weighted by Gasteiger charge is -2.00. The van der Waals surface area contributed by atoms with Crippen LogP contribution < -0.4 is 5.73 Å². The van der Waals surface area contributed by atoms with Crippen molar-refractivity contribution in [3.8, 4) is 0 Å². The summed E-state index contributed by atoms with van der Waals surface area (Å²) in [6.45, 7) is 0.752. The van der Waals surface area contributed by atoms with E-state index in [2.05, 4.69) is 6.08 Å². The molecule has 1 nitrogen and oxygen atoms in total. The number of hydrogen-bond acceptors (Lipinski definition) is 1. The van der Waals surface area contributed by atoms with Crippen LogP contribution in [0.2, 0.25) is 0 Å². The van der Waals surface area contributed by atoms with E-state index < -0.39 is 0 Å². The summed E-state index contributed by atoms with van der Waals surface area (Å²) >= 11 is 0. The molecule has 0 unspecified atom stereocenters. The molecule has 0 atom stereocenters. The molecule has 10 heavy (non-hydrogen) atoms. The van der Waals surface area contributed by atoms with Crippen molar-refractivity contribution in [1.29, 1.82) is 0 Å². The minimum Gasteiger partial charge on any atom is -0.327 e. The second-order valence-corrected chi connectivity index (χ2v) is 3.49. The Labute approximate surface area is 62.3 Å². The Morgan fingerprint density at radius 3 is 2.00 bits per heavy atom. The molecule has 0 aromatic heterocycles. The molecule has 0 amide bonds. The van der Waals surface area contributed by atoms with Crippen molar-refractivity contribution in [1.82, 2.24) is 0 Å². The average Bonchev–Trinajstić information content (AvgIpc) is 2.77. The maximum atomic E-state index is 5.48. The highest BCUT2D eigenvalue weighted by molar-refractivity contribution is 5.20. The van der Waals surface area contributed by atoms with Crippen LogP contribution in [0.1, 0.15) is 25.7 Å². The zero-order valence-electron chi connectivity index (χ0n) is 6.34. The first-order chi connectivity index (χ1) is 4.92. The Hall–Kier alpha value is -0.300. The monoisotopic (exact) mass is 137 g/mol. The average molecular weight is 137 g/mol. The van der Waals surface area contributed by atoms with E-state index in [0.717, 1.165) is 18.4 Å². The molecule has 0 heterocycles. The molecule has 0 aromatic carbocycles. The molecule has 0 spiro atoms. The van der Waals surface area contributed by atoms with Crippen molar-refractivity contribution in [2.45, 2.75) is 25.7 Å². The lowest BCUT2D eigenvalue weighted by molar-refractivity contribution is 0.846. The van der Waals surface area contributed by atoms with Crippen molar-refractivity contribution >= 4 is 0 Å². The minimum absolute atomic E-state index is 0.752. The normalized spacial score (nSPS) is 24.5. The molecule has 1 heteroatoms. The SMILES string of the molecule is NCC=C(C1CC1)C1CC1. The largest absolute Gasteiger partial charge is 0.327 e. The van der Waals surface area contributed by atoms with E-state index in [4.69, 9.17) is 5.73 Å². The Balaban J connectivity index is 1.98. The van der Waals surface area contributed by atoms with E-state index >= 15 is 0 Å². The van der Waals surface area contributed by atoms with Gasteiger partial charge in [0.05, 0.1) is 0 Å². The fourth-order valence-electron chi connectivity index (χ4n) is 1.64. The molecule has 0 radical (unpaired) electrons. The van der Waals surface area contributed by atoms with Gasteiger partial charge in [-0.25, -0.2) is 0 Å². The third kappa shape index (κ3) is 1.24. The highest BCUT2D eigenvalue weighted by atomic mass is 14.5. The van der Waals surface area contributed by atoms with Gasteiger partial charge in [-0.1, -0.05) is 11.6 Å². The van der Waals surface area contributed by atoms with Gasteiger partial charge in [0.25, 0.3) is 0 Å². The molecule has 2 N–H and O–H groups in total. The Bertz CT molecular complexity index is 138. The Morgan fingerprint density at radius 1 is 1.20 bits per heavy atom. The number of rotatable bonds is 3. The predicted octanol–water partition coefficient (Wildman–Crippen LogP) is 1.69. The van der Waals surface area contributed by atoms with E-state index in [1.807, 2.05) is 0 Å². The van der Waals surface area contributed by atoms with Crippen LogP contribution in [0.3, 0.4) is 0 Å². The number of hydrogen-bond donors (Lipinski definition) is 1. The van der Waals surface area contributed by atoms with Crippen LogP contribution in [0.5, 0.6) is 0 Å². The summed E-state index contributed by atoms with van der Waals surface area (Å²) in [6.07, 6.45) is 7.99. The van der Waals surface area contributed by atoms with Gasteiger partial charge < -0.3 is 5.73 Å². The standard InChI is InChI=1S/C9H15N/c10-6-5-9(7-1-2-7)8-3-4-8/h5,7-8H,1-4,6,10H2. The second-order valence-electron chi connectivity index (χ2n) is 3.49. The third-order valence-corrected chi connectivity index (χ3v) is 2.45. The van der Waals surface area contributed by atoms with Gasteiger partial charge in [0.2, 0.25) is 0 Å². The summed E-state index contributed by atoms with van der Waals surface area (Å²) in [5, 5.41) is 0. The predicted molar refractivity (Wildman–Crippen MR) is 42.6 cm³/mol. The van der Waals surface area contributed by atoms with Gasteiger partial charge in [-0.3, -0.25) is 0 Å². The fraction of sp³-hybridized carbons (Fsp3) is 0.778. The smallest absolute Gasteiger partial charge is 0.0109 e. The van der Waals surface area contributed by atoms with Crippen LogP contribution in [0.25, 0.3) is 0 Å². The zero-order valence-corrected chi connectivity index (χ0v) is 6.34. The molecule has 2 aliphatic rings. The van der Waals surface area contributed by atoms with Crippen LogP contribution in [0.4, 0.5) is 0 Å². The molecule has 2 aliphatic carbocycles. The molecule has 0 aliphatic heterocycles. The first-order valence-electron chi connectivity index (χ1n) is 4.32. The van der Waals surface area contributed by atoms with Gasteiger partial charge in [0.1, 0.15) is 0 Å². The fourth-order valence-corrected chi connectivity index (χ4v) is 1.64. The molecule has 2 fully saturated rings. The highest BCUT2D eigenvalue weighted by Crippen LogP contribution is 2.48. The molecule has 56 valence electrons. The summed E-state index contributed by atoms with van der Waals surface area (Å²) < 4.78 is 0. The molecule has 2 saturated carbocycles. The summed E-state index contributed by atoms with van der Waals surface area (Å²) in [5.41, 5.74) is 7.18. The van der Waals surface area contributed by atoms with Crippen LogP contribution in [0, 0.1) is 11.8 Å². The van der Waals surface area contributed by atoms with Crippen LogP contribution in [0.15, 0.2) is 11.6 Å². The minimum atomic E-state index is 0.752. The van der Waals surface area contributed by atoms with Crippen molar-refractivity contribution < 1.29 is 0 Å². The lowest BCUT2D eigenvalue weighted by atomic mass is 10.1. The molecular formula is C9H15N. The van der Waals surface area contributed by atoms with E-state index in [1.165, 1.54) is 25.7 Å². The molecule has 0 bridgehead atoms. The van der Waals surface area contributed by atoms with Crippen molar-refractivity contribution in [3.05, 3.63) is 11.6 Å². The second kappa shape index (κ2) is 2.39. The van der Waals surface area contributed by atoms with Crippen LogP contribution in [-0.2, 0) is 0 Å². The van der Waals surface area contributed by atoms with Gasteiger partial charge in [-0.15, -0.1) is 0 Å². The third-order valence-electron chi connectivity index (χ3n) is 2.45. The topological polar surface area (TPSA) is 26.0 Å². The van der Waals surface area contributed by atoms with Gasteiger partial charge in [0, 0.05) is 6.54 Å². The van der Waals surface area contributed by atoms with Crippen LogP contribution >= 0.6 is 0 Å². The van der Waals surface area contributed by atoms with Gasteiger partial charge >= 0.3 is 0 Å². The zero-order chi connectivity index (χ0) is 6.97. The Kier molecular flexibility index (Phi) is 1.53. The Morgan fingerprint density at radius 2 is 1.70 bits per heavy atom. The maximum Gasteiger partial charge on any atom is 0.0109 e. The summed E-state index contributed by atoms with van der Waals surface area (Å²) in [5.74, 6) is 1.91. The summed E-state index contributed by atoms with van der Waals surface area (Å²) in [4.78, 5) is 0. The maximum absolute atomic E-state index is 5.48.